The maximum absolute atomic E-state index is 12.1. The number of nitrogens with two attached hydrogens (primary N) is 1. The van der Waals surface area contributed by atoms with E-state index in [9.17, 15) is 9.59 Å². The lowest BCUT2D eigenvalue weighted by molar-refractivity contribution is -0.137. The standard InChI is InChI=1S/C24H24N6O2.C23H25N7O3/c31-20-5-2-1-4-17-7-9-18(10-8-17)26-24-25-16-22-23(27-24)30(29-28-22)19-11-13-21(14-12-19)32-15-3-6-20;24-13-1-3-16-5-7-17(8-6-16)26-23-25-15-20-22(27-23)30(29-28-20)18-9-11-19(12-10-18)33-14-2-4-21(31)32/h7-14,16H,1-6,15H2,(H,25,26,27);5-12,15H,1-4,13-14,24H2,(H,31,32)(H,25,26,27). The summed E-state index contributed by atoms with van der Waals surface area (Å²) in [7, 11) is 0. The summed E-state index contributed by atoms with van der Waals surface area (Å²) >= 11 is 0. The van der Waals surface area contributed by atoms with Crippen LogP contribution in [0.5, 0.6) is 11.5 Å². The summed E-state index contributed by atoms with van der Waals surface area (Å²) in [6.45, 7) is 1.54. The summed E-state index contributed by atoms with van der Waals surface area (Å²) in [4.78, 5) is 40.6. The highest BCUT2D eigenvalue weighted by molar-refractivity contribution is 5.78. The van der Waals surface area contributed by atoms with Crippen molar-refractivity contribution in [3.63, 3.8) is 0 Å². The van der Waals surface area contributed by atoms with Crippen molar-refractivity contribution < 1.29 is 24.2 Å². The summed E-state index contributed by atoms with van der Waals surface area (Å²) < 4.78 is 14.7. The van der Waals surface area contributed by atoms with E-state index in [0.29, 0.717) is 84.8 Å². The molecule has 0 amide bonds. The van der Waals surface area contributed by atoms with Crippen LogP contribution in [0.1, 0.15) is 62.5 Å². The first-order chi connectivity index (χ1) is 31.9. The number of nitrogens with one attached hydrogen (secondary N) is 2. The fraction of sp³-hybridized carbons (Fsp3) is 0.277. The summed E-state index contributed by atoms with van der Waals surface area (Å²) in [6, 6.07) is 31.2. The summed E-state index contributed by atoms with van der Waals surface area (Å²) in [6.07, 6.45) is 10.5. The average molecular weight is 876 g/mol. The molecule has 332 valence electrons. The number of aromatic nitrogens is 10. The minimum absolute atomic E-state index is 0.0809. The lowest BCUT2D eigenvalue weighted by Gasteiger charge is -2.09. The summed E-state index contributed by atoms with van der Waals surface area (Å²) in [5.41, 5.74) is 13.8. The first-order valence-corrected chi connectivity index (χ1v) is 21.7. The number of hydrogen-bond acceptors (Lipinski definition) is 15. The van der Waals surface area contributed by atoms with Gasteiger partial charge in [0, 0.05) is 30.6 Å². The van der Waals surface area contributed by atoms with E-state index in [4.69, 9.17) is 20.3 Å². The van der Waals surface area contributed by atoms with Gasteiger partial charge in [0.25, 0.3) is 0 Å². The number of ketones is 1. The normalized spacial score (nSPS) is 13.0. The van der Waals surface area contributed by atoms with Crippen LogP contribution in [0, 0.1) is 0 Å². The Balaban J connectivity index is 0.000000177. The van der Waals surface area contributed by atoms with E-state index in [-0.39, 0.29) is 6.42 Å². The molecule has 8 heterocycles. The number of nitrogens with zero attached hydrogens (tertiary/aromatic N) is 10. The average Bonchev–Trinajstić information content (AvgIpc) is 3.95. The van der Waals surface area contributed by atoms with Gasteiger partial charge in [-0.1, -0.05) is 34.7 Å². The first-order valence-electron chi connectivity index (χ1n) is 21.7. The van der Waals surface area contributed by atoms with E-state index in [2.05, 4.69) is 75.5 Å². The molecular formula is C47H49N13O5. The van der Waals surface area contributed by atoms with Crippen LogP contribution in [0.3, 0.4) is 0 Å². The topological polar surface area (TPSA) is 236 Å². The van der Waals surface area contributed by atoms with Crippen LogP contribution in [0.2, 0.25) is 0 Å². The molecule has 4 aromatic carbocycles. The second-order valence-corrected chi connectivity index (χ2v) is 15.4. The van der Waals surface area contributed by atoms with E-state index in [0.717, 1.165) is 67.0 Å². The number of fused-ring (bicyclic) bond motifs is 1. The molecule has 4 aliphatic heterocycles. The Hall–Kier alpha value is -7.86. The molecule has 65 heavy (non-hydrogen) atoms. The van der Waals surface area contributed by atoms with Gasteiger partial charge in [-0.15, -0.1) is 10.2 Å². The fourth-order valence-electron chi connectivity index (χ4n) is 7.01. The highest BCUT2D eigenvalue weighted by Crippen LogP contribution is 2.23. The quantitative estimate of drug-likeness (QED) is 0.0921. The second kappa shape index (κ2) is 21.5. The van der Waals surface area contributed by atoms with Gasteiger partial charge in [-0.05, 0) is 135 Å². The van der Waals surface area contributed by atoms with Crippen molar-refractivity contribution >= 4 is 57.4 Å². The largest absolute Gasteiger partial charge is 0.494 e. The van der Waals surface area contributed by atoms with E-state index in [1.807, 2.05) is 60.7 Å². The second-order valence-electron chi connectivity index (χ2n) is 15.4. The number of benzene rings is 4. The highest BCUT2D eigenvalue weighted by Gasteiger charge is 2.13. The molecule has 0 unspecified atom stereocenters. The smallest absolute Gasteiger partial charge is 0.303 e. The molecule has 8 aromatic rings. The minimum atomic E-state index is -0.831. The van der Waals surface area contributed by atoms with E-state index in [1.165, 1.54) is 11.1 Å². The number of Topliss-reactive ketones (excluding diaryl/α,β-unsaturated/α-hetero) is 1. The number of anilines is 4. The number of ether oxygens (including phenoxy) is 2. The van der Waals surface area contributed by atoms with Crippen LogP contribution >= 0.6 is 0 Å². The zero-order chi connectivity index (χ0) is 44.8. The predicted molar refractivity (Wildman–Crippen MR) is 245 cm³/mol. The summed E-state index contributed by atoms with van der Waals surface area (Å²) in [5, 5.41) is 31.9. The molecule has 0 aliphatic carbocycles. The predicted octanol–water partition coefficient (Wildman–Crippen LogP) is 7.50. The molecule has 12 rings (SSSR count). The van der Waals surface area contributed by atoms with Crippen molar-refractivity contribution in [1.29, 1.82) is 0 Å². The van der Waals surface area contributed by atoms with Crippen molar-refractivity contribution in [2.45, 2.75) is 64.2 Å². The minimum Gasteiger partial charge on any atom is -0.494 e. The van der Waals surface area contributed by atoms with E-state index < -0.39 is 5.97 Å². The number of aliphatic carboxylic acids is 1. The Kier molecular flexibility index (Phi) is 14.5. The van der Waals surface area contributed by atoms with Crippen molar-refractivity contribution in [1.82, 2.24) is 49.9 Å². The van der Waals surface area contributed by atoms with E-state index >= 15 is 0 Å². The first kappa shape index (κ1) is 43.8. The van der Waals surface area contributed by atoms with Crippen LogP contribution in [-0.2, 0) is 22.4 Å². The number of hydrogen-bond donors (Lipinski definition) is 4. The molecule has 0 fully saturated rings. The monoisotopic (exact) mass is 875 g/mol. The Bertz CT molecular complexity index is 2810. The zero-order valence-electron chi connectivity index (χ0n) is 35.7. The maximum Gasteiger partial charge on any atom is 0.303 e. The lowest BCUT2D eigenvalue weighted by Crippen LogP contribution is -2.04. The Labute approximate surface area is 374 Å². The van der Waals surface area contributed by atoms with Gasteiger partial charge >= 0.3 is 5.97 Å². The van der Waals surface area contributed by atoms with Crippen molar-refractivity contribution in [3.8, 4) is 22.9 Å². The molecule has 0 spiro atoms. The van der Waals surface area contributed by atoms with Gasteiger partial charge in [-0.3, -0.25) is 9.59 Å². The Morgan fingerprint density at radius 1 is 0.769 bits per heavy atom. The number of rotatable bonds is 11. The molecule has 18 nitrogen and oxygen atoms in total. The molecule has 0 saturated heterocycles. The Morgan fingerprint density at radius 3 is 2.14 bits per heavy atom. The third-order valence-corrected chi connectivity index (χ3v) is 10.5. The molecule has 18 heteroatoms. The van der Waals surface area contributed by atoms with Crippen molar-refractivity contribution in [3.05, 3.63) is 121 Å². The van der Waals surface area contributed by atoms with Gasteiger partial charge in [0.15, 0.2) is 22.3 Å². The lowest BCUT2D eigenvalue weighted by atomic mass is 10.0. The molecule has 4 aliphatic rings. The number of carbonyl (C=O) groups is 2. The third-order valence-electron chi connectivity index (χ3n) is 10.5. The zero-order valence-corrected chi connectivity index (χ0v) is 35.7. The number of aryl methyl sites for hydroxylation is 2. The highest BCUT2D eigenvalue weighted by atomic mass is 16.5. The Morgan fingerprint density at radius 2 is 1.43 bits per heavy atom. The van der Waals surface area contributed by atoms with Gasteiger partial charge in [-0.2, -0.15) is 19.3 Å². The molecule has 4 aromatic heterocycles. The molecule has 5 N–H and O–H groups in total. The SMILES string of the molecule is NCCCc1ccc(Nc2ncc3nnn(-c4ccc(OCCCC(=O)O)cc4)c3n2)cc1.O=C1CCCCc2ccc(cc2)Nc2ncc3nnn(c3n2)-c2ccc(cc2)OCCC1. The van der Waals surface area contributed by atoms with Crippen molar-refractivity contribution in [2.24, 2.45) is 5.73 Å². The van der Waals surface area contributed by atoms with Gasteiger partial charge in [0.1, 0.15) is 17.3 Å². The van der Waals surface area contributed by atoms with Crippen LogP contribution in [0.25, 0.3) is 33.7 Å². The number of carboxylic acids is 1. The van der Waals surface area contributed by atoms with E-state index in [1.54, 1.807) is 33.9 Å². The molecular weight excluding hydrogens is 827 g/mol. The van der Waals surface area contributed by atoms with Crippen LogP contribution in [-0.4, -0.2) is 86.5 Å². The maximum atomic E-state index is 12.1. The van der Waals surface area contributed by atoms with Crippen molar-refractivity contribution in [2.75, 3.05) is 30.4 Å². The van der Waals surface area contributed by atoms with Gasteiger partial charge in [0.05, 0.1) is 37.0 Å². The fourth-order valence-corrected chi connectivity index (χ4v) is 7.01. The van der Waals surface area contributed by atoms with Gasteiger partial charge in [0.2, 0.25) is 11.9 Å². The molecule has 0 radical (unpaired) electrons. The number of carbonyl (C=O) groups excluding carboxylic acids is 1. The van der Waals surface area contributed by atoms with Crippen LogP contribution in [0.15, 0.2) is 109 Å². The van der Waals surface area contributed by atoms with Gasteiger partial charge in [-0.25, -0.2) is 9.97 Å². The number of carboxylic acid groups (broad SMARTS) is 1. The molecule has 0 saturated carbocycles. The third kappa shape index (κ3) is 12.0. The molecule has 0 atom stereocenters. The van der Waals surface area contributed by atoms with Crippen LogP contribution in [0.4, 0.5) is 23.3 Å². The van der Waals surface area contributed by atoms with Gasteiger partial charge < -0.3 is 30.9 Å². The molecule has 6 bridgehead atoms. The summed E-state index contributed by atoms with van der Waals surface area (Å²) in [5.74, 6) is 1.81. The van der Waals surface area contributed by atoms with Crippen LogP contribution < -0.4 is 25.8 Å².